The zero-order valence-corrected chi connectivity index (χ0v) is 23.4. The van der Waals surface area contributed by atoms with Gasteiger partial charge in [0, 0.05) is 0 Å². The van der Waals surface area contributed by atoms with Gasteiger partial charge in [-0.3, -0.25) is 9.08 Å². The molecule has 1 aliphatic rings. The molecule has 202 valence electrons. The Morgan fingerprint density at radius 1 is 0.718 bits per heavy atom. The van der Waals surface area contributed by atoms with Crippen molar-refractivity contribution in [3.05, 3.63) is 138 Å². The molecule has 4 aromatic carbocycles. The Morgan fingerprint density at radius 2 is 1.18 bits per heavy atom. The standard InChI is InChI=1S/C34H37NO3S/c1-28-19-21-33(22-20-28)39(36,37)38-27-11-12-29-23-25-35(26-24-29)34(30-13-5-2-6-14-30,31-15-7-3-8-16-31)32-17-9-4-10-18-32/h2-10,13-22,29H,11-12,23-27H2,1H3. The fraction of sp³-hybridized carbons (Fsp3) is 0.294. The molecule has 5 rings (SSSR count). The van der Waals surface area contributed by atoms with Crippen LogP contribution in [0.3, 0.4) is 0 Å². The molecule has 1 heterocycles. The first-order chi connectivity index (χ1) is 19.0. The summed E-state index contributed by atoms with van der Waals surface area (Å²) in [6, 6.07) is 39.3. The van der Waals surface area contributed by atoms with Gasteiger partial charge in [0.2, 0.25) is 0 Å². The van der Waals surface area contributed by atoms with Crippen LogP contribution in [0.5, 0.6) is 0 Å². The molecular formula is C34H37NO3S. The van der Waals surface area contributed by atoms with E-state index < -0.39 is 10.1 Å². The maximum atomic E-state index is 12.5. The highest BCUT2D eigenvalue weighted by molar-refractivity contribution is 7.86. The van der Waals surface area contributed by atoms with Crippen LogP contribution >= 0.6 is 0 Å². The minimum atomic E-state index is -3.71. The third-order valence-electron chi connectivity index (χ3n) is 7.97. The van der Waals surface area contributed by atoms with Crippen LogP contribution in [0.1, 0.15) is 47.9 Å². The predicted molar refractivity (Wildman–Crippen MR) is 157 cm³/mol. The average molecular weight is 540 g/mol. The van der Waals surface area contributed by atoms with Crippen molar-refractivity contribution in [3.63, 3.8) is 0 Å². The lowest BCUT2D eigenvalue weighted by molar-refractivity contribution is 0.0971. The summed E-state index contributed by atoms with van der Waals surface area (Å²) in [5.41, 5.74) is 4.47. The van der Waals surface area contributed by atoms with Gasteiger partial charge in [-0.1, -0.05) is 109 Å². The molecule has 0 saturated carbocycles. The predicted octanol–water partition coefficient (Wildman–Crippen LogP) is 7.18. The molecule has 0 aromatic heterocycles. The summed E-state index contributed by atoms with van der Waals surface area (Å²) < 4.78 is 30.4. The van der Waals surface area contributed by atoms with Crippen LogP contribution < -0.4 is 0 Å². The maximum absolute atomic E-state index is 12.5. The second kappa shape index (κ2) is 12.3. The Labute approximate surface area is 233 Å². The summed E-state index contributed by atoms with van der Waals surface area (Å²) in [6.07, 6.45) is 3.83. The number of nitrogens with zero attached hydrogens (tertiary/aromatic N) is 1. The van der Waals surface area contributed by atoms with Gasteiger partial charge in [0.05, 0.1) is 17.0 Å². The molecule has 0 spiro atoms. The van der Waals surface area contributed by atoms with E-state index in [1.807, 2.05) is 6.92 Å². The third-order valence-corrected chi connectivity index (χ3v) is 9.29. The average Bonchev–Trinajstić information content (AvgIpc) is 2.98. The van der Waals surface area contributed by atoms with E-state index in [1.54, 1.807) is 24.3 Å². The molecule has 1 fully saturated rings. The first-order valence-corrected chi connectivity index (χ1v) is 15.3. The zero-order valence-electron chi connectivity index (χ0n) is 22.6. The van der Waals surface area contributed by atoms with Crippen LogP contribution in [-0.2, 0) is 19.8 Å². The molecule has 0 aliphatic carbocycles. The number of hydrogen-bond donors (Lipinski definition) is 0. The van der Waals surface area contributed by atoms with Crippen molar-refractivity contribution in [2.24, 2.45) is 5.92 Å². The van der Waals surface area contributed by atoms with Gasteiger partial charge in [-0.25, -0.2) is 0 Å². The smallest absolute Gasteiger partial charge is 0.286 e. The number of piperidine rings is 1. The number of hydrogen-bond acceptors (Lipinski definition) is 4. The molecule has 0 unspecified atom stereocenters. The van der Waals surface area contributed by atoms with Gasteiger partial charge < -0.3 is 0 Å². The molecule has 0 amide bonds. The van der Waals surface area contributed by atoms with Crippen molar-refractivity contribution in [2.75, 3.05) is 19.7 Å². The summed E-state index contributed by atoms with van der Waals surface area (Å²) in [7, 11) is -3.71. The van der Waals surface area contributed by atoms with Crippen molar-refractivity contribution < 1.29 is 12.6 Å². The Hall–Kier alpha value is -3.25. The number of rotatable bonds is 10. The summed E-state index contributed by atoms with van der Waals surface area (Å²) in [5.74, 6) is 0.548. The van der Waals surface area contributed by atoms with Gasteiger partial charge in [-0.05, 0) is 80.4 Å². The monoisotopic (exact) mass is 539 g/mol. The lowest BCUT2D eigenvalue weighted by atomic mass is 9.74. The second-order valence-corrected chi connectivity index (χ2v) is 12.1. The largest absolute Gasteiger partial charge is 0.296 e. The maximum Gasteiger partial charge on any atom is 0.296 e. The highest BCUT2D eigenvalue weighted by atomic mass is 32.2. The zero-order chi connectivity index (χ0) is 27.1. The fourth-order valence-corrected chi connectivity index (χ4v) is 6.90. The first kappa shape index (κ1) is 27.3. The molecule has 0 atom stereocenters. The highest BCUT2D eigenvalue weighted by Gasteiger charge is 2.43. The van der Waals surface area contributed by atoms with E-state index in [0.717, 1.165) is 44.3 Å². The van der Waals surface area contributed by atoms with Crippen LogP contribution in [-0.4, -0.2) is 33.0 Å². The Bertz CT molecular complexity index is 1320. The molecule has 4 nitrogen and oxygen atoms in total. The van der Waals surface area contributed by atoms with E-state index in [-0.39, 0.29) is 17.0 Å². The summed E-state index contributed by atoms with van der Waals surface area (Å²) >= 11 is 0. The van der Waals surface area contributed by atoms with E-state index in [4.69, 9.17) is 4.18 Å². The minimum Gasteiger partial charge on any atom is -0.286 e. The van der Waals surface area contributed by atoms with Crippen molar-refractivity contribution in [1.82, 2.24) is 4.90 Å². The quantitative estimate of drug-likeness (QED) is 0.122. The molecule has 39 heavy (non-hydrogen) atoms. The van der Waals surface area contributed by atoms with Crippen LogP contribution in [0, 0.1) is 12.8 Å². The summed E-state index contributed by atoms with van der Waals surface area (Å²) in [4.78, 5) is 2.86. The van der Waals surface area contributed by atoms with Crippen molar-refractivity contribution in [3.8, 4) is 0 Å². The second-order valence-electron chi connectivity index (χ2n) is 10.5. The first-order valence-electron chi connectivity index (χ1n) is 13.9. The SMILES string of the molecule is Cc1ccc(S(=O)(=O)OCCCC2CCN(C(c3ccccc3)(c3ccccc3)c3ccccc3)CC2)cc1. The number of benzene rings is 4. The highest BCUT2D eigenvalue weighted by Crippen LogP contribution is 2.44. The molecule has 0 N–H and O–H groups in total. The van der Waals surface area contributed by atoms with Crippen LogP contribution in [0.2, 0.25) is 0 Å². The van der Waals surface area contributed by atoms with Gasteiger partial charge in [0.15, 0.2) is 0 Å². The third kappa shape index (κ3) is 6.01. The normalized spacial score (nSPS) is 15.3. The lowest BCUT2D eigenvalue weighted by Crippen LogP contribution is -2.51. The van der Waals surface area contributed by atoms with Gasteiger partial charge in [-0.2, -0.15) is 8.42 Å². The number of aryl methyl sites for hydroxylation is 1. The van der Waals surface area contributed by atoms with E-state index in [1.165, 1.54) is 16.7 Å². The van der Waals surface area contributed by atoms with Crippen LogP contribution in [0.4, 0.5) is 0 Å². The van der Waals surface area contributed by atoms with Crippen molar-refractivity contribution in [2.45, 2.75) is 43.0 Å². The van der Waals surface area contributed by atoms with Gasteiger partial charge >= 0.3 is 0 Å². The molecule has 5 heteroatoms. The Morgan fingerprint density at radius 3 is 1.64 bits per heavy atom. The van der Waals surface area contributed by atoms with E-state index >= 15 is 0 Å². The molecule has 4 aromatic rings. The summed E-state index contributed by atoms with van der Waals surface area (Å²) in [6.45, 7) is 4.09. The molecule has 0 bridgehead atoms. The molecule has 1 saturated heterocycles. The Balaban J connectivity index is 1.29. The molecule has 1 aliphatic heterocycles. The van der Waals surface area contributed by atoms with Crippen molar-refractivity contribution in [1.29, 1.82) is 0 Å². The van der Waals surface area contributed by atoms with Crippen LogP contribution in [0.25, 0.3) is 0 Å². The van der Waals surface area contributed by atoms with Crippen LogP contribution in [0.15, 0.2) is 120 Å². The van der Waals surface area contributed by atoms with E-state index in [0.29, 0.717) is 5.92 Å². The van der Waals surface area contributed by atoms with Gasteiger partial charge in [-0.15, -0.1) is 0 Å². The minimum absolute atomic E-state index is 0.221. The van der Waals surface area contributed by atoms with Gasteiger partial charge in [0.1, 0.15) is 0 Å². The fourth-order valence-electron chi connectivity index (χ4n) is 5.96. The summed E-state index contributed by atoms with van der Waals surface area (Å²) in [5, 5.41) is 0. The van der Waals surface area contributed by atoms with Gasteiger partial charge in [0.25, 0.3) is 10.1 Å². The Kier molecular flexibility index (Phi) is 8.61. The van der Waals surface area contributed by atoms with Crippen molar-refractivity contribution >= 4 is 10.1 Å². The topological polar surface area (TPSA) is 46.6 Å². The van der Waals surface area contributed by atoms with E-state index in [2.05, 4.69) is 95.9 Å². The lowest BCUT2D eigenvalue weighted by Gasteiger charge is -2.48. The number of likely N-dealkylation sites (tertiary alicyclic amines) is 1. The molecular weight excluding hydrogens is 502 g/mol. The molecule has 0 radical (unpaired) electrons. The van der Waals surface area contributed by atoms with E-state index in [9.17, 15) is 8.42 Å².